The summed E-state index contributed by atoms with van der Waals surface area (Å²) >= 11 is 0. The lowest BCUT2D eigenvalue weighted by Crippen LogP contribution is -2.37. The second kappa shape index (κ2) is 5.54. The van der Waals surface area contributed by atoms with Crippen LogP contribution in [0.3, 0.4) is 0 Å². The first kappa shape index (κ1) is 14.7. The summed E-state index contributed by atoms with van der Waals surface area (Å²) in [5.41, 5.74) is 6.86. The van der Waals surface area contributed by atoms with Crippen molar-refractivity contribution in [2.75, 3.05) is 12.3 Å². The van der Waals surface area contributed by atoms with Gasteiger partial charge in [0, 0.05) is 18.3 Å². The first-order valence-corrected chi connectivity index (χ1v) is 7.23. The number of benzene rings is 1. The summed E-state index contributed by atoms with van der Waals surface area (Å²) in [6.07, 6.45) is 1.59. The van der Waals surface area contributed by atoms with E-state index in [0.717, 1.165) is 0 Å². The number of rotatable bonds is 5. The number of sulfonamides is 1. The Kier molecular flexibility index (Phi) is 4.53. The molecule has 0 atom stereocenters. The van der Waals surface area contributed by atoms with E-state index in [2.05, 4.69) is 6.58 Å². The first-order chi connectivity index (χ1) is 8.30. The summed E-state index contributed by atoms with van der Waals surface area (Å²) in [6.45, 7) is 9.32. The summed E-state index contributed by atoms with van der Waals surface area (Å²) < 4.78 is 26.5. The highest BCUT2D eigenvalue weighted by molar-refractivity contribution is 7.89. The van der Waals surface area contributed by atoms with Gasteiger partial charge in [0.05, 0.1) is 4.90 Å². The summed E-state index contributed by atoms with van der Waals surface area (Å²) in [6, 6.07) is 4.70. The zero-order valence-electron chi connectivity index (χ0n) is 11.1. The van der Waals surface area contributed by atoms with E-state index in [1.54, 1.807) is 31.2 Å². The number of nitrogens with two attached hydrogens (primary N) is 1. The van der Waals surface area contributed by atoms with Gasteiger partial charge in [-0.15, -0.1) is 6.58 Å². The predicted octanol–water partition coefficient (Wildman–Crippen LogP) is 2.16. The average molecular weight is 268 g/mol. The Morgan fingerprint density at radius 1 is 1.44 bits per heavy atom. The molecule has 4 nitrogen and oxygen atoms in total. The van der Waals surface area contributed by atoms with Gasteiger partial charge in [-0.1, -0.05) is 6.08 Å². The predicted molar refractivity (Wildman–Crippen MR) is 74.8 cm³/mol. The topological polar surface area (TPSA) is 63.4 Å². The molecule has 0 bridgehead atoms. The maximum absolute atomic E-state index is 12.5. The maximum atomic E-state index is 12.5. The van der Waals surface area contributed by atoms with Crippen molar-refractivity contribution in [1.82, 2.24) is 4.31 Å². The molecule has 0 spiro atoms. The van der Waals surface area contributed by atoms with Gasteiger partial charge in [0.1, 0.15) is 0 Å². The van der Waals surface area contributed by atoms with Gasteiger partial charge >= 0.3 is 0 Å². The molecule has 0 saturated heterocycles. The van der Waals surface area contributed by atoms with Crippen LogP contribution in [0.4, 0.5) is 5.69 Å². The van der Waals surface area contributed by atoms with Crippen molar-refractivity contribution in [3.05, 3.63) is 36.4 Å². The lowest BCUT2D eigenvalue weighted by molar-refractivity contribution is 0.382. The van der Waals surface area contributed by atoms with E-state index in [4.69, 9.17) is 5.73 Å². The van der Waals surface area contributed by atoms with Crippen LogP contribution < -0.4 is 5.73 Å². The van der Waals surface area contributed by atoms with Crippen molar-refractivity contribution in [3.8, 4) is 0 Å². The van der Waals surface area contributed by atoms with E-state index in [0.29, 0.717) is 22.7 Å². The molecule has 0 aliphatic rings. The maximum Gasteiger partial charge on any atom is 0.243 e. The highest BCUT2D eigenvalue weighted by atomic mass is 32.2. The van der Waals surface area contributed by atoms with Crippen LogP contribution in [0.25, 0.3) is 0 Å². The van der Waals surface area contributed by atoms with Crippen LogP contribution in [0.5, 0.6) is 0 Å². The Morgan fingerprint density at radius 2 is 2.06 bits per heavy atom. The molecule has 100 valence electrons. The molecule has 0 unspecified atom stereocenters. The van der Waals surface area contributed by atoms with E-state index in [1.165, 1.54) is 4.31 Å². The molecule has 1 aromatic rings. The van der Waals surface area contributed by atoms with E-state index in [-0.39, 0.29) is 6.04 Å². The molecular weight excluding hydrogens is 248 g/mol. The number of hydrogen-bond acceptors (Lipinski definition) is 3. The first-order valence-electron chi connectivity index (χ1n) is 5.79. The molecule has 0 aromatic heterocycles. The second-order valence-electron chi connectivity index (χ2n) is 4.48. The summed E-state index contributed by atoms with van der Waals surface area (Å²) in [5.74, 6) is 0. The molecule has 0 fully saturated rings. The van der Waals surface area contributed by atoms with Gasteiger partial charge in [-0.05, 0) is 44.5 Å². The fourth-order valence-corrected chi connectivity index (χ4v) is 3.62. The molecule has 1 aromatic carbocycles. The summed E-state index contributed by atoms with van der Waals surface area (Å²) in [7, 11) is -3.50. The number of aryl methyl sites for hydroxylation is 1. The summed E-state index contributed by atoms with van der Waals surface area (Å²) in [4.78, 5) is 0.298. The number of hydrogen-bond donors (Lipinski definition) is 1. The van der Waals surface area contributed by atoms with Crippen molar-refractivity contribution in [1.29, 1.82) is 0 Å². The minimum absolute atomic E-state index is 0.120. The Morgan fingerprint density at radius 3 is 2.50 bits per heavy atom. The molecule has 5 heteroatoms. The highest BCUT2D eigenvalue weighted by Gasteiger charge is 2.27. The molecule has 0 amide bonds. The molecular formula is C13H20N2O2S. The molecule has 1 rings (SSSR count). The second-order valence-corrected chi connectivity index (χ2v) is 6.34. The van der Waals surface area contributed by atoms with Crippen molar-refractivity contribution >= 4 is 15.7 Å². The Balaban J connectivity index is 3.30. The van der Waals surface area contributed by atoms with Crippen LogP contribution in [-0.4, -0.2) is 25.3 Å². The van der Waals surface area contributed by atoms with Crippen LogP contribution in [0.15, 0.2) is 35.7 Å². The van der Waals surface area contributed by atoms with Crippen LogP contribution >= 0.6 is 0 Å². The van der Waals surface area contributed by atoms with Crippen LogP contribution in [-0.2, 0) is 10.0 Å². The molecule has 2 N–H and O–H groups in total. The fraction of sp³-hybridized carbons (Fsp3) is 0.385. The van der Waals surface area contributed by atoms with E-state index >= 15 is 0 Å². The van der Waals surface area contributed by atoms with E-state index < -0.39 is 10.0 Å². The van der Waals surface area contributed by atoms with Gasteiger partial charge < -0.3 is 5.73 Å². The quantitative estimate of drug-likeness (QED) is 0.657. The van der Waals surface area contributed by atoms with Gasteiger partial charge in [-0.25, -0.2) is 8.42 Å². The minimum Gasteiger partial charge on any atom is -0.399 e. The largest absolute Gasteiger partial charge is 0.399 e. The third-order valence-corrected chi connectivity index (χ3v) is 4.87. The van der Waals surface area contributed by atoms with Crippen molar-refractivity contribution < 1.29 is 8.42 Å². The third-order valence-electron chi connectivity index (χ3n) is 2.67. The fourth-order valence-electron chi connectivity index (χ4n) is 1.80. The molecule has 0 heterocycles. The third kappa shape index (κ3) is 2.91. The van der Waals surface area contributed by atoms with Crippen molar-refractivity contribution in [3.63, 3.8) is 0 Å². The number of anilines is 1. The standard InChI is InChI=1S/C13H20N2O2S/c1-5-8-15(10(2)3)18(16,17)13-7-6-12(14)9-11(13)4/h5-7,9-10H,1,8,14H2,2-4H3. The van der Waals surface area contributed by atoms with Gasteiger partial charge in [0.25, 0.3) is 0 Å². The SMILES string of the molecule is C=CCN(C(C)C)S(=O)(=O)c1ccc(N)cc1C. The molecule has 0 aliphatic carbocycles. The van der Waals surface area contributed by atoms with Gasteiger partial charge in [-0.2, -0.15) is 4.31 Å². The van der Waals surface area contributed by atoms with Gasteiger partial charge in [0.2, 0.25) is 10.0 Å². The monoisotopic (exact) mass is 268 g/mol. The molecule has 0 aliphatic heterocycles. The number of nitrogen functional groups attached to an aromatic ring is 1. The van der Waals surface area contributed by atoms with Gasteiger partial charge in [0.15, 0.2) is 0 Å². The van der Waals surface area contributed by atoms with Crippen molar-refractivity contribution in [2.24, 2.45) is 0 Å². The smallest absolute Gasteiger partial charge is 0.243 e. The van der Waals surface area contributed by atoms with E-state index in [1.807, 2.05) is 13.8 Å². The normalized spacial score (nSPS) is 12.1. The highest BCUT2D eigenvalue weighted by Crippen LogP contribution is 2.23. The lowest BCUT2D eigenvalue weighted by Gasteiger charge is -2.25. The van der Waals surface area contributed by atoms with Crippen molar-refractivity contribution in [2.45, 2.75) is 31.7 Å². The number of nitrogens with zero attached hydrogens (tertiary/aromatic N) is 1. The van der Waals surface area contributed by atoms with E-state index in [9.17, 15) is 8.42 Å². The minimum atomic E-state index is -3.50. The zero-order chi connectivity index (χ0) is 13.9. The molecule has 0 saturated carbocycles. The summed E-state index contributed by atoms with van der Waals surface area (Å²) in [5, 5.41) is 0. The molecule has 18 heavy (non-hydrogen) atoms. The molecule has 0 radical (unpaired) electrons. The lowest BCUT2D eigenvalue weighted by atomic mass is 10.2. The Hall–Kier alpha value is -1.33. The van der Waals surface area contributed by atoms with Crippen LogP contribution in [0.2, 0.25) is 0 Å². The van der Waals surface area contributed by atoms with Crippen LogP contribution in [0.1, 0.15) is 19.4 Å². The van der Waals surface area contributed by atoms with Crippen LogP contribution in [0, 0.1) is 6.92 Å². The Labute approximate surface area is 109 Å². The average Bonchev–Trinajstić information content (AvgIpc) is 2.24. The zero-order valence-corrected chi connectivity index (χ0v) is 11.9. The Bertz CT molecular complexity index is 536. The van der Waals surface area contributed by atoms with Gasteiger partial charge in [-0.3, -0.25) is 0 Å².